The molecule has 0 fully saturated rings. The number of aliphatic hydroxyl groups is 1. The lowest BCUT2D eigenvalue weighted by Crippen LogP contribution is -2.36. The number of hydrazone groups is 1. The Hall–Kier alpha value is -3.50. The van der Waals surface area contributed by atoms with E-state index in [1.54, 1.807) is 23.6 Å². The zero-order chi connectivity index (χ0) is 23.1. The van der Waals surface area contributed by atoms with Crippen LogP contribution in [0.4, 0.5) is 4.39 Å². The van der Waals surface area contributed by atoms with E-state index in [0.717, 1.165) is 5.01 Å². The molecular weight excluding hydrogens is 437 g/mol. The zero-order valence-corrected chi connectivity index (χ0v) is 18.3. The van der Waals surface area contributed by atoms with E-state index in [0.29, 0.717) is 27.1 Å². The second kappa shape index (κ2) is 10.7. The summed E-state index contributed by atoms with van der Waals surface area (Å²) in [6.07, 6.45) is 1.48. The molecule has 1 aromatic heterocycles. The van der Waals surface area contributed by atoms with Crippen molar-refractivity contribution in [1.82, 2.24) is 10.3 Å². The van der Waals surface area contributed by atoms with Crippen molar-refractivity contribution in [3.63, 3.8) is 0 Å². The molecule has 0 aliphatic rings. The van der Waals surface area contributed by atoms with Crippen molar-refractivity contribution in [2.45, 2.75) is 0 Å². The van der Waals surface area contributed by atoms with Gasteiger partial charge < -0.3 is 19.9 Å². The predicted octanol–water partition coefficient (Wildman–Crippen LogP) is 2.64. The molecule has 0 aliphatic carbocycles. The largest absolute Gasteiger partial charge is 0.493 e. The van der Waals surface area contributed by atoms with Crippen LogP contribution in [0.5, 0.6) is 11.5 Å². The highest BCUT2D eigenvalue weighted by molar-refractivity contribution is 7.17. The number of hydrogen-bond acceptors (Lipinski definition) is 7. The molecule has 10 heteroatoms. The number of ether oxygens (including phenoxy) is 2. The number of hydrogen-bond donors (Lipinski definition) is 2. The highest BCUT2D eigenvalue weighted by atomic mass is 32.1. The highest BCUT2D eigenvalue weighted by Gasteiger charge is 2.14. The second-order valence-corrected chi connectivity index (χ2v) is 7.47. The number of likely N-dealkylation sites (N-methyl/N-ethyl adjacent to an activating group) is 1. The van der Waals surface area contributed by atoms with Crippen molar-refractivity contribution >= 4 is 39.5 Å². The molecule has 0 spiro atoms. The van der Waals surface area contributed by atoms with Crippen LogP contribution < -0.4 is 14.8 Å². The first kappa shape index (κ1) is 23.2. The third kappa shape index (κ3) is 5.40. The van der Waals surface area contributed by atoms with Gasteiger partial charge in [-0.15, -0.1) is 11.3 Å². The first-order valence-electron chi connectivity index (χ1n) is 9.60. The fraction of sp³-hybridized carbons (Fsp3) is 0.227. The average Bonchev–Trinajstić information content (AvgIpc) is 3.23. The fourth-order valence-electron chi connectivity index (χ4n) is 2.81. The topological polar surface area (TPSA) is 100 Å². The molecule has 2 amide bonds. The minimum absolute atomic E-state index is 0.0966. The van der Waals surface area contributed by atoms with Crippen molar-refractivity contribution in [3.05, 3.63) is 58.7 Å². The number of methoxy groups -OCH3 is 1. The van der Waals surface area contributed by atoms with E-state index in [-0.39, 0.29) is 31.1 Å². The van der Waals surface area contributed by atoms with E-state index < -0.39 is 11.8 Å². The Morgan fingerprint density at radius 1 is 1.28 bits per heavy atom. The molecule has 0 bridgehead atoms. The molecule has 0 saturated heterocycles. The summed E-state index contributed by atoms with van der Waals surface area (Å²) in [5.41, 5.74) is 0.979. The maximum Gasteiger partial charge on any atom is 0.261 e. The van der Waals surface area contributed by atoms with Crippen molar-refractivity contribution in [2.24, 2.45) is 5.10 Å². The lowest BCUT2D eigenvalue weighted by molar-refractivity contribution is -0.128. The molecule has 3 aromatic rings. The summed E-state index contributed by atoms with van der Waals surface area (Å²) in [6.45, 7) is -0.320. The van der Waals surface area contributed by atoms with Gasteiger partial charge in [-0.1, -0.05) is 12.1 Å². The number of halogens is 1. The summed E-state index contributed by atoms with van der Waals surface area (Å²) < 4.78 is 24.9. The van der Waals surface area contributed by atoms with Crippen LogP contribution in [-0.4, -0.2) is 62.1 Å². The van der Waals surface area contributed by atoms with E-state index in [1.807, 2.05) is 0 Å². The smallest absolute Gasteiger partial charge is 0.261 e. The third-order valence-corrected chi connectivity index (χ3v) is 5.51. The van der Waals surface area contributed by atoms with Gasteiger partial charge in [0.2, 0.25) is 0 Å². The van der Waals surface area contributed by atoms with Crippen molar-refractivity contribution in [1.29, 1.82) is 0 Å². The van der Waals surface area contributed by atoms with Crippen molar-refractivity contribution in [3.8, 4) is 11.5 Å². The van der Waals surface area contributed by atoms with Gasteiger partial charge in [0.25, 0.3) is 11.8 Å². The quantitative estimate of drug-likeness (QED) is 0.379. The average molecular weight is 459 g/mol. The fourth-order valence-corrected chi connectivity index (χ4v) is 3.74. The van der Waals surface area contributed by atoms with Crippen LogP contribution >= 0.6 is 11.3 Å². The van der Waals surface area contributed by atoms with Crippen molar-refractivity contribution in [2.75, 3.05) is 33.9 Å². The molecule has 168 valence electrons. The summed E-state index contributed by atoms with van der Waals surface area (Å²) in [4.78, 5) is 24.7. The minimum Gasteiger partial charge on any atom is -0.493 e. The number of carbonyl (C=O) groups is 2. The van der Waals surface area contributed by atoms with Crippen molar-refractivity contribution < 1.29 is 28.6 Å². The summed E-state index contributed by atoms with van der Waals surface area (Å²) in [6, 6.07) is 9.35. The Morgan fingerprint density at radius 3 is 2.84 bits per heavy atom. The van der Waals surface area contributed by atoms with Gasteiger partial charge in [0.15, 0.2) is 11.5 Å². The van der Waals surface area contributed by atoms with Gasteiger partial charge >= 0.3 is 0 Å². The molecule has 3 rings (SSSR count). The second-order valence-electron chi connectivity index (χ2n) is 6.59. The number of aliphatic hydroxyl groups excluding tert-OH is 1. The Balaban J connectivity index is 1.59. The number of benzene rings is 2. The van der Waals surface area contributed by atoms with Crippen LogP contribution in [0.2, 0.25) is 0 Å². The molecule has 0 unspecified atom stereocenters. The monoisotopic (exact) mass is 459 g/mol. The van der Waals surface area contributed by atoms with Gasteiger partial charge in [-0.3, -0.25) is 9.59 Å². The van der Waals surface area contributed by atoms with Crippen LogP contribution in [0.1, 0.15) is 15.9 Å². The maximum atomic E-state index is 13.8. The number of nitrogens with zero attached hydrogens (tertiary/aromatic N) is 2. The Morgan fingerprint density at radius 2 is 2.09 bits per heavy atom. The van der Waals surface area contributed by atoms with E-state index in [2.05, 4.69) is 10.4 Å². The van der Waals surface area contributed by atoms with E-state index in [9.17, 15) is 14.0 Å². The van der Waals surface area contributed by atoms with Gasteiger partial charge in [0.05, 0.1) is 31.2 Å². The number of amides is 2. The molecule has 0 atom stereocenters. The molecular formula is C22H22FN3O5S. The van der Waals surface area contributed by atoms with Gasteiger partial charge in [-0.25, -0.2) is 9.40 Å². The molecule has 2 aromatic carbocycles. The van der Waals surface area contributed by atoms with Crippen LogP contribution in [0, 0.1) is 5.82 Å². The third-order valence-electron chi connectivity index (χ3n) is 4.49. The molecule has 1 heterocycles. The number of thiophene rings is 1. The van der Waals surface area contributed by atoms with Crippen LogP contribution in [0.25, 0.3) is 10.1 Å². The van der Waals surface area contributed by atoms with Gasteiger partial charge in [0, 0.05) is 28.9 Å². The number of fused-ring (bicyclic) bond motifs is 1. The number of rotatable bonds is 9. The van der Waals surface area contributed by atoms with Crippen LogP contribution in [0.15, 0.2) is 46.9 Å². The normalized spacial score (nSPS) is 11.0. The molecule has 32 heavy (non-hydrogen) atoms. The Kier molecular flexibility index (Phi) is 7.74. The first-order valence-corrected chi connectivity index (χ1v) is 10.5. The molecule has 8 nitrogen and oxygen atoms in total. The molecule has 2 N–H and O–H groups in total. The Labute approximate surface area is 187 Å². The van der Waals surface area contributed by atoms with Crippen LogP contribution in [0.3, 0.4) is 0 Å². The van der Waals surface area contributed by atoms with Gasteiger partial charge in [-0.05, 0) is 24.3 Å². The van der Waals surface area contributed by atoms with E-state index in [4.69, 9.17) is 14.6 Å². The van der Waals surface area contributed by atoms with Crippen LogP contribution in [-0.2, 0) is 4.79 Å². The summed E-state index contributed by atoms with van der Waals surface area (Å²) >= 11 is 1.26. The summed E-state index contributed by atoms with van der Waals surface area (Å²) in [5.74, 6) is -0.483. The van der Waals surface area contributed by atoms with E-state index >= 15 is 0 Å². The number of carbonyl (C=O) groups excluding carboxylic acids is 2. The van der Waals surface area contributed by atoms with Gasteiger partial charge in [-0.2, -0.15) is 5.10 Å². The highest BCUT2D eigenvalue weighted by Crippen LogP contribution is 2.28. The summed E-state index contributed by atoms with van der Waals surface area (Å²) in [5, 5.41) is 19.1. The molecule has 0 saturated carbocycles. The lowest BCUT2D eigenvalue weighted by atomic mass is 10.2. The predicted molar refractivity (Wildman–Crippen MR) is 120 cm³/mol. The maximum absolute atomic E-state index is 13.8. The standard InChI is InChI=1S/C22H22FN3O5S/c1-26(25-11-15-13-32-21-16(15)4-3-5-17(21)23)20(28)12-24-22(29)14-6-7-18(31-9-8-27)19(10-14)30-2/h3-7,10-11,13,27H,8-9,12H2,1-2H3,(H,24,29)/b25-11+. The summed E-state index contributed by atoms with van der Waals surface area (Å²) in [7, 11) is 2.90. The number of nitrogens with one attached hydrogen (secondary N) is 1. The minimum atomic E-state index is -0.470. The SMILES string of the molecule is COc1cc(C(=O)NCC(=O)N(C)/N=C/c2csc3c(F)cccc23)ccc1OCCO. The van der Waals surface area contributed by atoms with E-state index in [1.165, 1.54) is 49.9 Å². The van der Waals surface area contributed by atoms with Gasteiger partial charge in [0.1, 0.15) is 12.4 Å². The molecule has 0 aliphatic heterocycles. The molecule has 0 radical (unpaired) electrons. The Bertz CT molecular complexity index is 1150. The lowest BCUT2D eigenvalue weighted by Gasteiger charge is -2.13. The zero-order valence-electron chi connectivity index (χ0n) is 17.5. The first-order chi connectivity index (χ1) is 15.4.